The van der Waals surface area contributed by atoms with Gasteiger partial charge in [-0.05, 0) is 54.6 Å². The molecule has 0 atom stereocenters. The summed E-state index contributed by atoms with van der Waals surface area (Å²) in [6.07, 6.45) is 3.22. The highest BCUT2D eigenvalue weighted by Crippen LogP contribution is 2.23. The van der Waals surface area contributed by atoms with Crippen LogP contribution < -0.4 is 15.7 Å². The summed E-state index contributed by atoms with van der Waals surface area (Å²) in [5.41, 5.74) is 2.96. The van der Waals surface area contributed by atoms with Crippen LogP contribution in [0.4, 0.5) is 5.69 Å². The maximum absolute atomic E-state index is 12.8. The van der Waals surface area contributed by atoms with E-state index in [1.165, 1.54) is 23.6 Å². The van der Waals surface area contributed by atoms with E-state index >= 15 is 0 Å². The quantitative estimate of drug-likeness (QED) is 0.376. The largest absolute Gasteiger partial charge is 0.497 e. The lowest BCUT2D eigenvalue weighted by atomic mass is 10.1. The Morgan fingerprint density at radius 2 is 1.71 bits per heavy atom. The summed E-state index contributed by atoms with van der Waals surface area (Å²) < 4.78 is 13.9. The summed E-state index contributed by atoms with van der Waals surface area (Å²) in [4.78, 5) is 36.9. The summed E-state index contributed by atoms with van der Waals surface area (Å²) in [6.45, 7) is -0.287. The molecular formula is C24H20N6O5. The van der Waals surface area contributed by atoms with E-state index in [1.54, 1.807) is 36.2 Å². The number of carbonyl (C=O) groups is 2. The second kappa shape index (κ2) is 8.78. The molecule has 0 aliphatic rings. The Morgan fingerprint density at radius 3 is 2.40 bits per heavy atom. The van der Waals surface area contributed by atoms with Crippen molar-refractivity contribution in [3.8, 4) is 17.0 Å². The third-order valence-corrected chi connectivity index (χ3v) is 5.46. The fraction of sp³-hybridized carbons (Fsp3) is 0.125. The number of hydrogen-bond donors (Lipinski definition) is 1. The molecule has 0 saturated carbocycles. The van der Waals surface area contributed by atoms with Gasteiger partial charge < -0.3 is 14.8 Å². The lowest BCUT2D eigenvalue weighted by Gasteiger charge is -2.05. The fourth-order valence-electron chi connectivity index (χ4n) is 3.68. The Labute approximate surface area is 198 Å². The van der Waals surface area contributed by atoms with E-state index in [2.05, 4.69) is 20.3 Å². The molecule has 11 nitrogen and oxygen atoms in total. The second-order valence-electron chi connectivity index (χ2n) is 7.64. The van der Waals surface area contributed by atoms with Crippen molar-refractivity contribution >= 4 is 28.7 Å². The number of methoxy groups -OCH3 is 2. The highest BCUT2D eigenvalue weighted by atomic mass is 16.5. The number of ether oxygens (including phenoxy) is 2. The molecule has 2 aromatic carbocycles. The van der Waals surface area contributed by atoms with Crippen molar-refractivity contribution in [1.29, 1.82) is 0 Å². The summed E-state index contributed by atoms with van der Waals surface area (Å²) >= 11 is 0. The normalized spacial score (nSPS) is 11.0. The first-order valence-corrected chi connectivity index (χ1v) is 10.6. The van der Waals surface area contributed by atoms with Gasteiger partial charge in [-0.2, -0.15) is 5.10 Å². The minimum absolute atomic E-state index is 0.287. The van der Waals surface area contributed by atoms with Gasteiger partial charge in [0.1, 0.15) is 17.8 Å². The Morgan fingerprint density at radius 1 is 0.971 bits per heavy atom. The first-order chi connectivity index (χ1) is 17.0. The van der Waals surface area contributed by atoms with Gasteiger partial charge in [-0.1, -0.05) is 0 Å². The van der Waals surface area contributed by atoms with Crippen LogP contribution in [0.25, 0.3) is 22.4 Å². The van der Waals surface area contributed by atoms with Crippen LogP contribution >= 0.6 is 0 Å². The molecule has 0 spiro atoms. The molecule has 176 valence electrons. The number of amides is 1. The SMILES string of the molecule is COC(=O)c1ccc(NC(=O)Cn2nc3c4cc(-c5ccc(OC)cc5)nn4ccn3c2=O)cc1. The van der Waals surface area contributed by atoms with Gasteiger partial charge >= 0.3 is 11.7 Å². The Hall–Kier alpha value is -4.93. The van der Waals surface area contributed by atoms with Gasteiger partial charge in [0.15, 0.2) is 5.65 Å². The van der Waals surface area contributed by atoms with Gasteiger partial charge in [0, 0.05) is 23.6 Å². The summed E-state index contributed by atoms with van der Waals surface area (Å²) in [7, 11) is 2.90. The molecule has 0 radical (unpaired) electrons. The fourth-order valence-corrected chi connectivity index (χ4v) is 3.68. The van der Waals surface area contributed by atoms with E-state index in [9.17, 15) is 14.4 Å². The number of nitrogens with one attached hydrogen (secondary N) is 1. The van der Waals surface area contributed by atoms with Crippen molar-refractivity contribution in [2.24, 2.45) is 0 Å². The average molecular weight is 472 g/mol. The molecule has 1 N–H and O–H groups in total. The molecule has 0 fully saturated rings. The van der Waals surface area contributed by atoms with Crippen LogP contribution in [0.5, 0.6) is 5.75 Å². The van der Waals surface area contributed by atoms with E-state index in [-0.39, 0.29) is 6.54 Å². The van der Waals surface area contributed by atoms with Gasteiger partial charge in [-0.3, -0.25) is 4.79 Å². The number of aromatic nitrogens is 5. The summed E-state index contributed by atoms with van der Waals surface area (Å²) in [5.74, 6) is -0.173. The van der Waals surface area contributed by atoms with Crippen LogP contribution in [0.2, 0.25) is 0 Å². The van der Waals surface area contributed by atoms with E-state index in [0.29, 0.717) is 28.1 Å². The van der Waals surface area contributed by atoms with Crippen molar-refractivity contribution in [2.75, 3.05) is 19.5 Å². The van der Waals surface area contributed by atoms with Gasteiger partial charge in [0.05, 0.1) is 25.5 Å². The average Bonchev–Trinajstić information content (AvgIpc) is 3.45. The van der Waals surface area contributed by atoms with Crippen molar-refractivity contribution in [3.05, 3.63) is 83.0 Å². The second-order valence-corrected chi connectivity index (χ2v) is 7.64. The Kier molecular flexibility index (Phi) is 5.49. The smallest absolute Gasteiger partial charge is 0.350 e. The van der Waals surface area contributed by atoms with Crippen LogP contribution in [0.3, 0.4) is 0 Å². The highest BCUT2D eigenvalue weighted by Gasteiger charge is 2.16. The van der Waals surface area contributed by atoms with Gasteiger partial charge in [0.25, 0.3) is 0 Å². The first kappa shape index (κ1) is 21.9. The van der Waals surface area contributed by atoms with Gasteiger partial charge in [0.2, 0.25) is 5.91 Å². The number of benzene rings is 2. The van der Waals surface area contributed by atoms with E-state index in [4.69, 9.17) is 4.74 Å². The molecule has 1 amide bonds. The number of hydrogen-bond acceptors (Lipinski definition) is 7. The standard InChI is InChI=1S/C24H20N6O5/c1-34-18-9-5-15(6-10-18)19-13-20-22-27-30(24(33)28(22)11-12-29(20)26-19)14-21(31)25-17-7-3-16(4-8-17)23(32)35-2/h3-13H,14H2,1-2H3,(H,25,31). The molecule has 35 heavy (non-hydrogen) atoms. The number of carbonyl (C=O) groups excluding carboxylic acids is 2. The Balaban J connectivity index is 1.40. The number of fused-ring (bicyclic) bond motifs is 3. The molecule has 0 bridgehead atoms. The van der Waals surface area contributed by atoms with Crippen molar-refractivity contribution in [1.82, 2.24) is 23.8 Å². The van der Waals surface area contributed by atoms with Crippen LogP contribution in [0.15, 0.2) is 71.8 Å². The zero-order valence-corrected chi connectivity index (χ0v) is 18.8. The predicted octanol–water partition coefficient (Wildman–Crippen LogP) is 2.24. The van der Waals surface area contributed by atoms with E-state index in [0.717, 1.165) is 16.0 Å². The molecule has 0 aliphatic carbocycles. The van der Waals surface area contributed by atoms with Gasteiger partial charge in [-0.25, -0.2) is 23.2 Å². The van der Waals surface area contributed by atoms with Crippen LogP contribution in [-0.4, -0.2) is 49.9 Å². The maximum atomic E-state index is 12.8. The lowest BCUT2D eigenvalue weighted by molar-refractivity contribution is -0.117. The Bertz CT molecular complexity index is 1610. The van der Waals surface area contributed by atoms with Crippen LogP contribution in [0, 0.1) is 0 Å². The molecule has 5 rings (SSSR count). The monoisotopic (exact) mass is 472 g/mol. The number of rotatable bonds is 6. The van der Waals surface area contributed by atoms with Crippen LogP contribution in [0.1, 0.15) is 10.4 Å². The summed E-state index contributed by atoms with van der Waals surface area (Å²) in [6, 6.07) is 15.5. The van der Waals surface area contributed by atoms with Gasteiger partial charge in [-0.15, -0.1) is 5.10 Å². The topological polar surface area (TPSA) is 121 Å². The van der Waals surface area contributed by atoms with E-state index < -0.39 is 17.6 Å². The lowest BCUT2D eigenvalue weighted by Crippen LogP contribution is -2.28. The zero-order valence-electron chi connectivity index (χ0n) is 18.8. The van der Waals surface area contributed by atoms with Crippen molar-refractivity contribution < 1.29 is 19.1 Å². The minimum atomic E-state index is -0.472. The molecule has 0 saturated heterocycles. The van der Waals surface area contributed by atoms with Crippen molar-refractivity contribution in [2.45, 2.75) is 6.54 Å². The molecule has 3 heterocycles. The first-order valence-electron chi connectivity index (χ1n) is 10.6. The molecule has 5 aromatic rings. The third-order valence-electron chi connectivity index (χ3n) is 5.46. The number of esters is 1. The third kappa shape index (κ3) is 4.10. The number of anilines is 1. The molecule has 0 unspecified atom stereocenters. The van der Waals surface area contributed by atoms with E-state index in [1.807, 2.05) is 30.3 Å². The zero-order chi connectivity index (χ0) is 24.5. The number of nitrogens with zero attached hydrogens (tertiary/aromatic N) is 5. The highest BCUT2D eigenvalue weighted by molar-refractivity contribution is 5.93. The summed E-state index contributed by atoms with van der Waals surface area (Å²) in [5, 5.41) is 11.6. The molecule has 11 heteroatoms. The predicted molar refractivity (Wildman–Crippen MR) is 127 cm³/mol. The molecular weight excluding hydrogens is 452 g/mol. The molecule has 3 aromatic heterocycles. The maximum Gasteiger partial charge on any atom is 0.350 e. The van der Waals surface area contributed by atoms with Crippen LogP contribution in [-0.2, 0) is 16.1 Å². The minimum Gasteiger partial charge on any atom is -0.497 e. The van der Waals surface area contributed by atoms with Crippen molar-refractivity contribution in [3.63, 3.8) is 0 Å². The molecule has 0 aliphatic heterocycles.